The predicted octanol–water partition coefficient (Wildman–Crippen LogP) is -1.51. The van der Waals surface area contributed by atoms with Crippen molar-refractivity contribution in [2.24, 2.45) is 17.6 Å². The van der Waals surface area contributed by atoms with Crippen molar-refractivity contribution in [3.05, 3.63) is 0 Å². The monoisotopic (exact) mass is 197 g/mol. The topological polar surface area (TPSA) is 66.6 Å². The summed E-state index contributed by atoms with van der Waals surface area (Å²) in [5, 5.41) is 0. The molecule has 0 bridgehead atoms. The lowest BCUT2D eigenvalue weighted by molar-refractivity contribution is -0.138. The van der Waals surface area contributed by atoms with Crippen LogP contribution in [0.4, 0.5) is 0 Å². The van der Waals surface area contributed by atoms with Gasteiger partial charge in [0.25, 0.3) is 0 Å². The SMILES string of the molecule is CN1C(=O)[C@H]2CN(CCN)C[C@@H]2C1=O. The van der Waals surface area contributed by atoms with E-state index in [9.17, 15) is 9.59 Å². The molecule has 0 radical (unpaired) electrons. The molecule has 2 amide bonds. The number of nitrogens with zero attached hydrogens (tertiary/aromatic N) is 2. The number of hydrogen-bond donors (Lipinski definition) is 1. The molecule has 2 fully saturated rings. The summed E-state index contributed by atoms with van der Waals surface area (Å²) in [5.74, 6) is -0.280. The molecule has 5 heteroatoms. The smallest absolute Gasteiger partial charge is 0.234 e. The maximum atomic E-state index is 11.6. The molecule has 2 heterocycles. The quantitative estimate of drug-likeness (QED) is 0.547. The average Bonchev–Trinajstić information content (AvgIpc) is 2.65. The van der Waals surface area contributed by atoms with E-state index >= 15 is 0 Å². The summed E-state index contributed by atoms with van der Waals surface area (Å²) < 4.78 is 0. The van der Waals surface area contributed by atoms with Crippen molar-refractivity contribution >= 4 is 11.8 Å². The second-order valence-electron chi connectivity index (χ2n) is 4.00. The standard InChI is InChI=1S/C9H15N3O2/c1-11-8(13)6-4-12(3-2-10)5-7(6)9(11)14/h6-7H,2-5,10H2,1H3/t6-,7-/m0/s1. The maximum absolute atomic E-state index is 11.6. The lowest BCUT2D eigenvalue weighted by Crippen LogP contribution is -2.35. The van der Waals surface area contributed by atoms with Crippen molar-refractivity contribution in [3.63, 3.8) is 0 Å². The molecule has 2 N–H and O–H groups in total. The number of nitrogens with two attached hydrogens (primary N) is 1. The molecule has 5 nitrogen and oxygen atoms in total. The van der Waals surface area contributed by atoms with E-state index in [2.05, 4.69) is 4.90 Å². The second-order valence-corrected chi connectivity index (χ2v) is 4.00. The molecular weight excluding hydrogens is 182 g/mol. The van der Waals surface area contributed by atoms with E-state index in [1.54, 1.807) is 7.05 Å². The minimum Gasteiger partial charge on any atom is -0.329 e. The summed E-state index contributed by atoms with van der Waals surface area (Å²) in [7, 11) is 1.57. The van der Waals surface area contributed by atoms with Crippen LogP contribution in [0.1, 0.15) is 0 Å². The summed E-state index contributed by atoms with van der Waals surface area (Å²) in [6.45, 7) is 2.74. The fourth-order valence-electron chi connectivity index (χ4n) is 2.36. The first-order chi connectivity index (χ1) is 6.65. The van der Waals surface area contributed by atoms with Crippen LogP contribution in [0, 0.1) is 11.8 Å². The Morgan fingerprint density at radius 3 is 2.21 bits per heavy atom. The average molecular weight is 197 g/mol. The molecule has 0 aliphatic carbocycles. The van der Waals surface area contributed by atoms with Gasteiger partial charge in [0.2, 0.25) is 11.8 Å². The van der Waals surface area contributed by atoms with Crippen LogP contribution in [0.3, 0.4) is 0 Å². The Bertz CT molecular complexity index is 255. The summed E-state index contributed by atoms with van der Waals surface area (Å²) in [5.41, 5.74) is 5.43. The van der Waals surface area contributed by atoms with Gasteiger partial charge in [-0.15, -0.1) is 0 Å². The molecule has 0 saturated carbocycles. The number of likely N-dealkylation sites (tertiary alicyclic amines) is 2. The largest absolute Gasteiger partial charge is 0.329 e. The minimum atomic E-state index is -0.112. The molecule has 2 aliphatic heterocycles. The molecule has 2 atom stereocenters. The minimum absolute atomic E-state index is 0.0282. The van der Waals surface area contributed by atoms with Gasteiger partial charge in [-0.1, -0.05) is 0 Å². The zero-order chi connectivity index (χ0) is 10.3. The molecule has 2 aliphatic rings. The van der Waals surface area contributed by atoms with Crippen LogP contribution < -0.4 is 5.73 Å². The molecule has 0 unspecified atom stereocenters. The van der Waals surface area contributed by atoms with E-state index in [4.69, 9.17) is 5.73 Å². The van der Waals surface area contributed by atoms with Crippen LogP contribution >= 0.6 is 0 Å². The molecule has 14 heavy (non-hydrogen) atoms. The summed E-state index contributed by atoms with van der Waals surface area (Å²) in [6, 6.07) is 0. The molecule has 0 aromatic carbocycles. The van der Waals surface area contributed by atoms with Gasteiger partial charge in [0.1, 0.15) is 0 Å². The summed E-state index contributed by atoms with van der Waals surface area (Å²) >= 11 is 0. The van der Waals surface area contributed by atoms with Gasteiger partial charge in [-0.2, -0.15) is 0 Å². The number of carbonyl (C=O) groups excluding carboxylic acids is 2. The van der Waals surface area contributed by atoms with E-state index in [1.807, 2.05) is 0 Å². The number of carbonyl (C=O) groups is 2. The highest BCUT2D eigenvalue weighted by molar-refractivity contribution is 6.05. The van der Waals surface area contributed by atoms with Gasteiger partial charge in [0.15, 0.2) is 0 Å². The third-order valence-corrected chi connectivity index (χ3v) is 3.14. The van der Waals surface area contributed by atoms with E-state index in [-0.39, 0.29) is 23.7 Å². The zero-order valence-electron chi connectivity index (χ0n) is 8.27. The van der Waals surface area contributed by atoms with Crippen molar-refractivity contribution in [2.45, 2.75) is 0 Å². The molecule has 2 saturated heterocycles. The van der Waals surface area contributed by atoms with Gasteiger partial charge in [0.05, 0.1) is 11.8 Å². The first-order valence-electron chi connectivity index (χ1n) is 4.89. The lowest BCUT2D eigenvalue weighted by atomic mass is 10.00. The summed E-state index contributed by atoms with van der Waals surface area (Å²) in [4.78, 5) is 26.5. The van der Waals surface area contributed by atoms with Gasteiger partial charge in [0, 0.05) is 33.2 Å². The van der Waals surface area contributed by atoms with Crippen LogP contribution in [0.15, 0.2) is 0 Å². The van der Waals surface area contributed by atoms with Gasteiger partial charge in [-0.05, 0) is 0 Å². The highest BCUT2D eigenvalue weighted by Crippen LogP contribution is 2.31. The van der Waals surface area contributed by atoms with Crippen molar-refractivity contribution in [1.29, 1.82) is 0 Å². The van der Waals surface area contributed by atoms with Gasteiger partial charge < -0.3 is 10.6 Å². The Kier molecular flexibility index (Phi) is 2.28. The highest BCUT2D eigenvalue weighted by atomic mass is 16.2. The normalized spacial score (nSPS) is 32.9. The van der Waals surface area contributed by atoms with Gasteiger partial charge in [-0.25, -0.2) is 0 Å². The molecule has 0 aromatic heterocycles. The van der Waals surface area contributed by atoms with Crippen LogP contribution in [0.2, 0.25) is 0 Å². The second kappa shape index (κ2) is 3.33. The number of hydrogen-bond acceptors (Lipinski definition) is 4. The Morgan fingerprint density at radius 1 is 1.29 bits per heavy atom. The molecule has 2 rings (SSSR count). The van der Waals surface area contributed by atoms with Crippen LogP contribution in [0.25, 0.3) is 0 Å². The lowest BCUT2D eigenvalue weighted by Gasteiger charge is -2.16. The van der Waals surface area contributed by atoms with Crippen LogP contribution in [-0.2, 0) is 9.59 Å². The number of imide groups is 1. The fourth-order valence-corrected chi connectivity index (χ4v) is 2.36. The Balaban J connectivity index is 2.09. The molecule has 78 valence electrons. The van der Waals surface area contributed by atoms with Gasteiger partial charge in [-0.3, -0.25) is 14.5 Å². The van der Waals surface area contributed by atoms with Gasteiger partial charge >= 0.3 is 0 Å². The van der Waals surface area contributed by atoms with Crippen LogP contribution in [-0.4, -0.2) is 54.8 Å². The summed E-state index contributed by atoms with van der Waals surface area (Å²) in [6.07, 6.45) is 0. The highest BCUT2D eigenvalue weighted by Gasteiger charge is 2.50. The van der Waals surface area contributed by atoms with E-state index < -0.39 is 0 Å². The fraction of sp³-hybridized carbons (Fsp3) is 0.778. The molecule has 0 aromatic rings. The van der Waals surface area contributed by atoms with Crippen LogP contribution in [0.5, 0.6) is 0 Å². The number of fused-ring (bicyclic) bond motifs is 1. The number of amides is 2. The zero-order valence-corrected chi connectivity index (χ0v) is 8.27. The first kappa shape index (κ1) is 9.61. The molecular formula is C9H15N3O2. The predicted molar refractivity (Wildman–Crippen MR) is 50.3 cm³/mol. The van der Waals surface area contributed by atoms with Crippen molar-refractivity contribution in [2.75, 3.05) is 33.2 Å². The van der Waals surface area contributed by atoms with E-state index in [1.165, 1.54) is 4.90 Å². The van der Waals surface area contributed by atoms with Crippen molar-refractivity contribution < 1.29 is 9.59 Å². The van der Waals surface area contributed by atoms with Crippen molar-refractivity contribution in [1.82, 2.24) is 9.80 Å². The Labute approximate surface area is 82.8 Å². The van der Waals surface area contributed by atoms with E-state index in [0.717, 1.165) is 6.54 Å². The Morgan fingerprint density at radius 2 is 1.79 bits per heavy atom. The van der Waals surface area contributed by atoms with E-state index in [0.29, 0.717) is 19.6 Å². The third-order valence-electron chi connectivity index (χ3n) is 3.14. The first-order valence-corrected chi connectivity index (χ1v) is 4.89. The Hall–Kier alpha value is -0.940. The third kappa shape index (κ3) is 1.24. The maximum Gasteiger partial charge on any atom is 0.234 e. The van der Waals surface area contributed by atoms with Crippen molar-refractivity contribution in [3.8, 4) is 0 Å². The number of rotatable bonds is 2. The molecule has 0 spiro atoms.